The van der Waals surface area contributed by atoms with Crippen molar-refractivity contribution < 1.29 is 0 Å². The molecule has 0 N–H and O–H groups in total. The largest absolute Gasteiger partial charge is 0.163 e. The average Bonchev–Trinajstić information content (AvgIpc) is 2.69. The predicted molar refractivity (Wildman–Crippen MR) is 51.5 cm³/mol. The Kier molecular flexibility index (Phi) is 2.43. The first-order valence-electron chi connectivity index (χ1n) is 3.86. The molecule has 0 saturated carbocycles. The summed E-state index contributed by atoms with van der Waals surface area (Å²) in [5.74, 6) is 2.83. The van der Waals surface area contributed by atoms with Crippen LogP contribution in [0.3, 0.4) is 0 Å². The highest BCUT2D eigenvalue weighted by Gasteiger charge is 1.92. The van der Waals surface area contributed by atoms with Crippen LogP contribution >= 0.6 is 11.6 Å². The van der Waals surface area contributed by atoms with Crippen molar-refractivity contribution in [3.8, 4) is 12.0 Å². The number of hydrogen-bond acceptors (Lipinski definition) is 3. The molecule has 0 amide bonds. The van der Waals surface area contributed by atoms with Crippen molar-refractivity contribution in [1.29, 1.82) is 0 Å². The lowest BCUT2D eigenvalue weighted by Gasteiger charge is -1.91. The van der Waals surface area contributed by atoms with E-state index in [0.717, 1.165) is 5.56 Å². The van der Waals surface area contributed by atoms with Gasteiger partial charge in [-0.25, -0.2) is 0 Å². The first kappa shape index (κ1) is 8.73. The van der Waals surface area contributed by atoms with Gasteiger partial charge in [0.05, 0.1) is 11.1 Å². The standard InChI is InChI=1S/C9H5ClN4/c10-9-4-2-1-3-8(9)5-6-14-12-7-11-13-14/h1-4,7H. The molecule has 1 aromatic heterocycles. The Labute approximate surface area is 85.5 Å². The Morgan fingerprint density at radius 2 is 2.14 bits per heavy atom. The molecule has 2 aromatic rings. The second-order valence-corrected chi connectivity index (χ2v) is 2.85. The molecule has 0 radical (unpaired) electrons. The van der Waals surface area contributed by atoms with Crippen molar-refractivity contribution in [2.75, 3.05) is 0 Å². The van der Waals surface area contributed by atoms with Crippen molar-refractivity contribution in [2.24, 2.45) is 0 Å². The zero-order valence-corrected chi connectivity index (χ0v) is 7.81. The highest BCUT2D eigenvalue weighted by Crippen LogP contribution is 2.12. The lowest BCUT2D eigenvalue weighted by atomic mass is 10.2. The fourth-order valence-corrected chi connectivity index (χ4v) is 1.07. The number of tetrazole rings is 1. The van der Waals surface area contributed by atoms with Gasteiger partial charge in [-0.05, 0) is 23.3 Å². The van der Waals surface area contributed by atoms with E-state index in [9.17, 15) is 0 Å². The number of aromatic nitrogens is 4. The minimum Gasteiger partial charge on any atom is -0.127 e. The van der Waals surface area contributed by atoms with E-state index >= 15 is 0 Å². The molecule has 0 atom stereocenters. The lowest BCUT2D eigenvalue weighted by Crippen LogP contribution is -1.93. The molecule has 0 saturated heterocycles. The van der Waals surface area contributed by atoms with Gasteiger partial charge in [-0.3, -0.25) is 0 Å². The van der Waals surface area contributed by atoms with Gasteiger partial charge in [-0.15, -0.1) is 10.2 Å². The summed E-state index contributed by atoms with van der Waals surface area (Å²) in [7, 11) is 0. The fraction of sp³-hybridized carbons (Fsp3) is 0. The van der Waals surface area contributed by atoms with Crippen molar-refractivity contribution in [3.05, 3.63) is 41.2 Å². The molecular formula is C9H5ClN4. The van der Waals surface area contributed by atoms with E-state index in [0.29, 0.717) is 5.02 Å². The minimum atomic E-state index is 0.611. The molecule has 0 unspecified atom stereocenters. The molecule has 0 bridgehead atoms. The van der Waals surface area contributed by atoms with E-state index in [1.165, 1.54) is 11.1 Å². The van der Waals surface area contributed by atoms with Crippen LogP contribution in [0.2, 0.25) is 5.02 Å². The molecule has 1 aromatic carbocycles. The maximum atomic E-state index is 5.90. The van der Waals surface area contributed by atoms with Crippen molar-refractivity contribution in [1.82, 2.24) is 20.2 Å². The lowest BCUT2D eigenvalue weighted by molar-refractivity contribution is 0.744. The van der Waals surface area contributed by atoms with Gasteiger partial charge in [0.15, 0.2) is 6.33 Å². The number of benzene rings is 1. The molecule has 14 heavy (non-hydrogen) atoms. The van der Waals surface area contributed by atoms with Gasteiger partial charge < -0.3 is 0 Å². The summed E-state index contributed by atoms with van der Waals surface area (Å²) in [6, 6.07) is 10.00. The number of halogens is 1. The summed E-state index contributed by atoms with van der Waals surface area (Å²) in [4.78, 5) is 1.18. The van der Waals surface area contributed by atoms with Gasteiger partial charge in [-0.2, -0.15) is 0 Å². The van der Waals surface area contributed by atoms with Crippen LogP contribution < -0.4 is 0 Å². The second kappa shape index (κ2) is 3.90. The Morgan fingerprint density at radius 1 is 1.29 bits per heavy atom. The van der Waals surface area contributed by atoms with Crippen LogP contribution in [0.25, 0.3) is 0 Å². The summed E-state index contributed by atoms with van der Waals surface area (Å²) in [6.07, 6.45) is 1.32. The fourth-order valence-electron chi connectivity index (χ4n) is 0.891. The molecule has 68 valence electrons. The number of rotatable bonds is 0. The Balaban J connectivity index is 2.31. The topological polar surface area (TPSA) is 43.6 Å². The van der Waals surface area contributed by atoms with E-state index in [4.69, 9.17) is 11.6 Å². The maximum absolute atomic E-state index is 5.90. The average molecular weight is 205 g/mol. The molecule has 0 aliphatic heterocycles. The predicted octanol–water partition coefficient (Wildman–Crippen LogP) is 1.18. The summed E-state index contributed by atoms with van der Waals surface area (Å²) in [6.45, 7) is 0. The molecule has 0 spiro atoms. The van der Waals surface area contributed by atoms with Crippen LogP contribution in [0.1, 0.15) is 5.56 Å². The number of hydrogen-bond donors (Lipinski definition) is 0. The van der Waals surface area contributed by atoms with Gasteiger partial charge in [-0.1, -0.05) is 28.5 Å². The summed E-state index contributed by atoms with van der Waals surface area (Å²) in [5, 5.41) is 11.5. The Morgan fingerprint density at radius 3 is 2.86 bits per heavy atom. The van der Waals surface area contributed by atoms with Gasteiger partial charge >= 0.3 is 0 Å². The van der Waals surface area contributed by atoms with Crippen LogP contribution in [0.5, 0.6) is 0 Å². The minimum absolute atomic E-state index is 0.611. The van der Waals surface area contributed by atoms with Crippen LogP contribution in [-0.4, -0.2) is 20.2 Å². The third kappa shape index (κ3) is 1.90. The van der Waals surface area contributed by atoms with E-state index < -0.39 is 0 Å². The van der Waals surface area contributed by atoms with E-state index in [1.54, 1.807) is 6.07 Å². The van der Waals surface area contributed by atoms with Gasteiger partial charge in [0.1, 0.15) is 0 Å². The highest BCUT2D eigenvalue weighted by molar-refractivity contribution is 6.31. The van der Waals surface area contributed by atoms with Gasteiger partial charge in [0.2, 0.25) is 0 Å². The normalized spacial score (nSPS) is 9.21. The van der Waals surface area contributed by atoms with Crippen LogP contribution in [-0.2, 0) is 0 Å². The molecule has 0 aliphatic rings. The van der Waals surface area contributed by atoms with Crippen molar-refractivity contribution >= 4 is 11.6 Å². The Bertz CT molecular complexity index is 481. The summed E-state index contributed by atoms with van der Waals surface area (Å²) >= 11 is 5.90. The van der Waals surface area contributed by atoms with Crippen LogP contribution in [0.4, 0.5) is 0 Å². The quantitative estimate of drug-likeness (QED) is 0.606. The molecule has 0 aliphatic carbocycles. The maximum Gasteiger partial charge on any atom is 0.163 e. The van der Waals surface area contributed by atoms with Gasteiger partial charge in [0, 0.05) is 5.56 Å². The zero-order chi connectivity index (χ0) is 9.80. The first-order chi connectivity index (χ1) is 6.86. The zero-order valence-electron chi connectivity index (χ0n) is 7.05. The summed E-state index contributed by atoms with van der Waals surface area (Å²) < 4.78 is 0. The molecule has 5 heteroatoms. The summed E-state index contributed by atoms with van der Waals surface area (Å²) in [5.41, 5.74) is 0.742. The highest BCUT2D eigenvalue weighted by atomic mass is 35.5. The number of nitrogens with zero attached hydrogens (tertiary/aromatic N) is 4. The molecular weight excluding hydrogens is 200 g/mol. The van der Waals surface area contributed by atoms with E-state index in [-0.39, 0.29) is 0 Å². The smallest absolute Gasteiger partial charge is 0.127 e. The second-order valence-electron chi connectivity index (χ2n) is 2.44. The van der Waals surface area contributed by atoms with E-state index in [1.807, 2.05) is 18.2 Å². The molecule has 2 rings (SSSR count). The SMILES string of the molecule is Clc1ccccc1C#Cn1ncnn1. The van der Waals surface area contributed by atoms with Crippen LogP contribution in [0, 0.1) is 12.0 Å². The Hall–Kier alpha value is -1.86. The van der Waals surface area contributed by atoms with E-state index in [2.05, 4.69) is 27.4 Å². The van der Waals surface area contributed by atoms with Crippen molar-refractivity contribution in [2.45, 2.75) is 0 Å². The third-order valence-electron chi connectivity index (χ3n) is 1.51. The van der Waals surface area contributed by atoms with Crippen LogP contribution in [0.15, 0.2) is 30.6 Å². The molecule has 4 nitrogen and oxygen atoms in total. The first-order valence-corrected chi connectivity index (χ1v) is 4.23. The molecule has 1 heterocycles. The van der Waals surface area contributed by atoms with Gasteiger partial charge in [0.25, 0.3) is 0 Å². The van der Waals surface area contributed by atoms with Crippen molar-refractivity contribution in [3.63, 3.8) is 0 Å². The molecule has 0 fully saturated rings. The third-order valence-corrected chi connectivity index (χ3v) is 1.84. The monoisotopic (exact) mass is 204 g/mol.